The summed E-state index contributed by atoms with van der Waals surface area (Å²) in [5.41, 5.74) is -1.68. The van der Waals surface area contributed by atoms with Gasteiger partial charge in [-0.05, 0) is 37.5 Å². The van der Waals surface area contributed by atoms with E-state index in [1.165, 1.54) is 108 Å². The van der Waals surface area contributed by atoms with E-state index in [0.717, 1.165) is 12.0 Å². The molecule has 0 aromatic heterocycles. The van der Waals surface area contributed by atoms with Crippen molar-refractivity contribution < 1.29 is 28.7 Å². The molecule has 1 N–H and O–H groups in total. The molecule has 0 amide bonds. The molecule has 4 unspecified atom stereocenters. The average molecular weight is 642 g/mol. The second-order valence-electron chi connectivity index (χ2n) is 11.7. The van der Waals surface area contributed by atoms with Crippen LogP contribution in [0, 0.1) is 0 Å². The maximum atomic E-state index is 12.3. The largest absolute Gasteiger partial charge is 0.470 e. The molecule has 0 radical (unpaired) electrons. The average Bonchev–Trinajstić information content (AvgIpc) is 3.03. The summed E-state index contributed by atoms with van der Waals surface area (Å²) in [6.07, 6.45) is 23.1. The zero-order valence-corrected chi connectivity index (χ0v) is 29.3. The summed E-state index contributed by atoms with van der Waals surface area (Å²) in [5.74, 6) is 0.137. The number of unbranched alkanes of at least 4 members (excludes halogenated alkanes) is 14. The Morgan fingerprint density at radius 1 is 0.814 bits per heavy atom. The molecule has 0 fully saturated rings. The molecule has 0 aliphatic carbocycles. The Morgan fingerprint density at radius 3 is 1.95 bits per heavy atom. The molecule has 0 aliphatic heterocycles. The first-order chi connectivity index (χ1) is 21.0. The summed E-state index contributed by atoms with van der Waals surface area (Å²) in [6, 6.07) is 9.13. The maximum Gasteiger partial charge on any atom is 0.470 e. The van der Waals surface area contributed by atoms with Gasteiger partial charge in [-0.3, -0.25) is 0 Å². The van der Waals surface area contributed by atoms with Crippen LogP contribution in [-0.4, -0.2) is 46.9 Å². The Morgan fingerprint density at radius 2 is 1.37 bits per heavy atom. The van der Waals surface area contributed by atoms with Gasteiger partial charge in [0, 0.05) is 11.9 Å². The molecule has 1 rings (SSSR count). The highest BCUT2D eigenvalue weighted by molar-refractivity contribution is 7.99. The van der Waals surface area contributed by atoms with Crippen LogP contribution in [0.1, 0.15) is 142 Å². The van der Waals surface area contributed by atoms with Gasteiger partial charge in [0.1, 0.15) is 6.61 Å². The van der Waals surface area contributed by atoms with E-state index in [1.54, 1.807) is 12.1 Å². The number of aliphatic hydroxyl groups is 1. The van der Waals surface area contributed by atoms with E-state index in [2.05, 4.69) is 32.5 Å². The smallest absolute Gasteiger partial charge is 0.453 e. The number of thioether (sulfide) groups is 1. The van der Waals surface area contributed by atoms with Crippen LogP contribution < -0.4 is 0 Å². The zero-order valence-electron chi connectivity index (χ0n) is 27.5. The fraction of sp³-hybridized carbons (Fsp3) is 0.800. The Balaban J connectivity index is 2.35. The molecular weight excluding hydrogens is 579 g/mol. The van der Waals surface area contributed by atoms with Crippen molar-refractivity contribution in [1.29, 1.82) is 0 Å². The fourth-order valence-electron chi connectivity index (χ4n) is 5.01. The zero-order chi connectivity index (χ0) is 31.4. The van der Waals surface area contributed by atoms with Crippen molar-refractivity contribution in [3.63, 3.8) is 0 Å². The maximum absolute atomic E-state index is 12.3. The minimum absolute atomic E-state index is 0.0206. The van der Waals surface area contributed by atoms with Crippen LogP contribution in [0.25, 0.3) is 0 Å². The number of carbonyl (C=O) groups is 1. The van der Waals surface area contributed by atoms with Gasteiger partial charge in [-0.1, -0.05) is 145 Å². The van der Waals surface area contributed by atoms with Gasteiger partial charge in [0.25, 0.3) is 0 Å². The van der Waals surface area contributed by atoms with E-state index in [1.807, 2.05) is 18.2 Å². The number of hydrogen-bond donors (Lipinski definition) is 1. The van der Waals surface area contributed by atoms with E-state index in [-0.39, 0.29) is 19.3 Å². The van der Waals surface area contributed by atoms with Crippen molar-refractivity contribution in [2.24, 2.45) is 0 Å². The van der Waals surface area contributed by atoms with E-state index >= 15 is 0 Å². The topological polar surface area (TPSA) is 82.1 Å². The van der Waals surface area contributed by atoms with Crippen molar-refractivity contribution in [2.45, 2.75) is 160 Å². The quantitative estimate of drug-likeness (QED) is 0.0387. The van der Waals surface area contributed by atoms with E-state index in [4.69, 9.17) is 14.2 Å². The Hall–Kier alpha value is -0.980. The molecule has 0 heterocycles. The number of carbonyl (C=O) groups excluding carboxylic acids is 1. The third-order valence-corrected chi connectivity index (χ3v) is 10.0. The number of esters is 1. The lowest BCUT2D eigenvalue weighted by Gasteiger charge is -2.24. The van der Waals surface area contributed by atoms with Crippen LogP contribution in [0.5, 0.6) is 0 Å². The monoisotopic (exact) mass is 641 g/mol. The first kappa shape index (κ1) is 40.0. The molecule has 6 nitrogen and oxygen atoms in total. The summed E-state index contributed by atoms with van der Waals surface area (Å²) < 4.78 is 28.3. The Kier molecular flexibility index (Phi) is 25.5. The third kappa shape index (κ3) is 20.6. The summed E-state index contributed by atoms with van der Waals surface area (Å²) in [6.45, 7) is 7.16. The minimum Gasteiger partial charge on any atom is -0.453 e. The standard InChI is InChI=1S/C35H61O6PS/c1-4-6-8-10-12-13-14-15-17-22-29-43-33(26-21-16-11-9-7-5-2)31(3)39-27-23-28-41-35(37,42-38)34(36)40-30-32-24-19-18-20-25-32/h18-20,24-25,31,33,37H,4-17,21-23,26-30H2,1-3H3/p+1. The third-order valence-electron chi connectivity index (χ3n) is 7.80. The second kappa shape index (κ2) is 27.3. The fourth-order valence-corrected chi connectivity index (χ4v) is 6.68. The number of hydrogen-bond acceptors (Lipinski definition) is 7. The van der Waals surface area contributed by atoms with Gasteiger partial charge >= 0.3 is 20.0 Å². The SMILES string of the molecule is CCCCCCCCCCCCSC(CCCCCCCC)C(C)OCCCOC(O)([PH+]=O)C(=O)OCc1ccccc1. The van der Waals surface area contributed by atoms with Crippen molar-refractivity contribution in [1.82, 2.24) is 0 Å². The molecule has 0 bridgehead atoms. The van der Waals surface area contributed by atoms with Gasteiger partial charge in [-0.2, -0.15) is 11.8 Å². The van der Waals surface area contributed by atoms with Crippen LogP contribution in [0.3, 0.4) is 0 Å². The number of benzene rings is 1. The van der Waals surface area contributed by atoms with E-state index < -0.39 is 20.0 Å². The van der Waals surface area contributed by atoms with Crippen molar-refractivity contribution in [3.8, 4) is 0 Å². The molecule has 1 aromatic carbocycles. The van der Waals surface area contributed by atoms with Crippen LogP contribution in [0.4, 0.5) is 0 Å². The van der Waals surface area contributed by atoms with E-state index in [0.29, 0.717) is 18.3 Å². The number of ether oxygens (including phenoxy) is 3. The van der Waals surface area contributed by atoms with Crippen LogP contribution in [0.2, 0.25) is 0 Å². The lowest BCUT2D eigenvalue weighted by Crippen LogP contribution is -2.37. The predicted octanol–water partition coefficient (Wildman–Crippen LogP) is 9.98. The highest BCUT2D eigenvalue weighted by Gasteiger charge is 2.49. The van der Waals surface area contributed by atoms with Crippen molar-refractivity contribution >= 4 is 26.2 Å². The molecule has 4 atom stereocenters. The number of rotatable bonds is 30. The first-order valence-electron chi connectivity index (χ1n) is 17.2. The van der Waals surface area contributed by atoms with E-state index in [9.17, 15) is 14.5 Å². The summed E-state index contributed by atoms with van der Waals surface area (Å²) in [7, 11) is -1.39. The summed E-state index contributed by atoms with van der Waals surface area (Å²) in [5, 5.41) is 10.9. The molecule has 8 heteroatoms. The Bertz CT molecular complexity index is 798. The summed E-state index contributed by atoms with van der Waals surface area (Å²) >= 11 is 2.06. The second-order valence-corrected chi connectivity index (χ2v) is 14.0. The highest BCUT2D eigenvalue weighted by atomic mass is 32.2. The van der Waals surface area contributed by atoms with Gasteiger partial charge < -0.3 is 19.3 Å². The van der Waals surface area contributed by atoms with Crippen molar-refractivity contribution in [3.05, 3.63) is 35.9 Å². The van der Waals surface area contributed by atoms with Crippen LogP contribution >= 0.6 is 20.2 Å². The van der Waals surface area contributed by atoms with Gasteiger partial charge in [0.05, 0.1) is 12.7 Å². The lowest BCUT2D eigenvalue weighted by atomic mass is 10.1. The molecule has 43 heavy (non-hydrogen) atoms. The minimum atomic E-state index is -2.45. The molecule has 0 aliphatic rings. The molecule has 248 valence electrons. The van der Waals surface area contributed by atoms with Crippen LogP contribution in [-0.2, 0) is 30.2 Å². The molecule has 0 saturated heterocycles. The molecular formula is C35H62O6PS+. The van der Waals surface area contributed by atoms with Gasteiger partial charge in [0.2, 0.25) is 0 Å². The van der Waals surface area contributed by atoms with Gasteiger partial charge in [0.15, 0.2) is 0 Å². The highest BCUT2D eigenvalue weighted by Crippen LogP contribution is 2.27. The first-order valence-corrected chi connectivity index (χ1v) is 19.1. The molecule has 0 spiro atoms. The van der Waals surface area contributed by atoms with Gasteiger partial charge in [-0.25, -0.2) is 4.79 Å². The van der Waals surface area contributed by atoms with Gasteiger partial charge in [-0.15, -0.1) is 0 Å². The Labute approximate surface area is 269 Å². The van der Waals surface area contributed by atoms with Crippen molar-refractivity contribution in [2.75, 3.05) is 19.0 Å². The molecule has 1 aromatic rings. The molecule has 0 saturated carbocycles. The lowest BCUT2D eigenvalue weighted by molar-refractivity contribution is -0.197. The predicted molar refractivity (Wildman–Crippen MR) is 182 cm³/mol. The summed E-state index contributed by atoms with van der Waals surface area (Å²) in [4.78, 5) is 12.3. The normalized spacial score (nSPS) is 14.4. The van der Waals surface area contributed by atoms with Crippen LogP contribution in [0.15, 0.2) is 30.3 Å².